The quantitative estimate of drug-likeness (QED) is 0.161. The number of aromatic nitrogens is 1. The second kappa shape index (κ2) is 14.1. The number of hydrogen-bond acceptors (Lipinski definition) is 2. The minimum Gasteiger partial charge on any atom is -0.454 e. The van der Waals surface area contributed by atoms with E-state index in [1.807, 2.05) is 0 Å². The van der Waals surface area contributed by atoms with Crippen LogP contribution >= 0.6 is 11.6 Å². The summed E-state index contributed by atoms with van der Waals surface area (Å²) in [4.78, 5) is 2.34. The number of furan rings is 1. The number of hydrogen-bond donors (Lipinski definition) is 0. The van der Waals surface area contributed by atoms with Crippen LogP contribution in [0.1, 0.15) is 17.9 Å². The van der Waals surface area contributed by atoms with E-state index >= 15 is 0 Å². The number of anilines is 2. The third kappa shape index (κ3) is 5.82. The van der Waals surface area contributed by atoms with Gasteiger partial charge in [0.25, 0.3) is 0 Å². The summed E-state index contributed by atoms with van der Waals surface area (Å²) in [5.41, 5.74) is 14.1. The Bertz CT molecular complexity index is 3090. The highest BCUT2D eigenvalue weighted by Gasteiger charge is 2.28. The number of nitrogens with zero attached hydrogens (tertiary/aromatic N) is 2. The van der Waals surface area contributed by atoms with Crippen molar-refractivity contribution in [3.8, 4) is 27.9 Å². The molecule has 0 spiro atoms. The molecule has 58 heavy (non-hydrogen) atoms. The number of benzene rings is 8. The highest BCUT2D eigenvalue weighted by molar-refractivity contribution is 6.30. The third-order valence-corrected chi connectivity index (χ3v) is 11.8. The van der Waals surface area contributed by atoms with E-state index < -0.39 is 0 Å². The van der Waals surface area contributed by atoms with Crippen molar-refractivity contribution in [2.24, 2.45) is 0 Å². The highest BCUT2D eigenvalue weighted by Crippen LogP contribution is 2.47. The molecule has 0 amide bonds. The average Bonchev–Trinajstić information content (AvgIpc) is 3.84. The summed E-state index contributed by atoms with van der Waals surface area (Å²) in [6.07, 6.45) is 5.22. The molecule has 8 aromatic carbocycles. The van der Waals surface area contributed by atoms with Gasteiger partial charge in [-0.05, 0) is 94.9 Å². The summed E-state index contributed by atoms with van der Waals surface area (Å²) in [5.74, 6) is -0.0334. The molecule has 0 saturated heterocycles. The van der Waals surface area contributed by atoms with E-state index in [4.69, 9.17) is 16.0 Å². The van der Waals surface area contributed by atoms with Crippen molar-refractivity contribution >= 4 is 66.7 Å². The fourth-order valence-electron chi connectivity index (χ4n) is 8.89. The van der Waals surface area contributed by atoms with Crippen LogP contribution in [0.5, 0.6) is 0 Å². The van der Waals surface area contributed by atoms with Crippen molar-refractivity contribution in [1.82, 2.24) is 4.57 Å². The number of allylic oxidation sites excluding steroid dienone is 3. The van der Waals surface area contributed by atoms with E-state index in [2.05, 4.69) is 216 Å². The van der Waals surface area contributed by atoms with Gasteiger partial charge < -0.3 is 13.9 Å². The molecular weight excluding hydrogens is 728 g/mol. The van der Waals surface area contributed by atoms with E-state index in [0.717, 1.165) is 66.1 Å². The monoisotopic (exact) mass is 764 g/mol. The zero-order valence-electron chi connectivity index (χ0n) is 31.6. The van der Waals surface area contributed by atoms with Crippen LogP contribution in [0.25, 0.3) is 71.7 Å². The van der Waals surface area contributed by atoms with Crippen LogP contribution in [-0.2, 0) is 0 Å². The van der Waals surface area contributed by atoms with Gasteiger partial charge in [0.15, 0.2) is 5.58 Å². The van der Waals surface area contributed by atoms with Gasteiger partial charge >= 0.3 is 0 Å². The predicted molar refractivity (Wildman–Crippen MR) is 243 cm³/mol. The SMILES string of the molecule is ClC1=CC(N(c2ccc(-c3ccccc3)cc2)c2ccc(-c3ccccc3)cc2)=CC(c2cc3c4ccccc4n(-c4ccccc4)c3c3oc4ccccc4c23)C1. The van der Waals surface area contributed by atoms with Crippen molar-refractivity contribution in [3.05, 3.63) is 223 Å². The van der Waals surface area contributed by atoms with Gasteiger partial charge in [-0.1, -0.05) is 157 Å². The maximum absolute atomic E-state index is 7.29. The minimum absolute atomic E-state index is 0.0334. The molecule has 276 valence electrons. The Hall–Kier alpha value is -7.07. The third-order valence-electron chi connectivity index (χ3n) is 11.5. The van der Waals surface area contributed by atoms with Gasteiger partial charge in [-0.25, -0.2) is 0 Å². The number of rotatable bonds is 7. The van der Waals surface area contributed by atoms with E-state index in [9.17, 15) is 0 Å². The topological polar surface area (TPSA) is 21.3 Å². The lowest BCUT2D eigenvalue weighted by Crippen LogP contribution is -2.18. The van der Waals surface area contributed by atoms with Crippen LogP contribution in [-0.4, -0.2) is 4.57 Å². The first-order chi connectivity index (χ1) is 28.7. The molecule has 0 saturated carbocycles. The molecule has 4 heteroatoms. The first-order valence-electron chi connectivity index (χ1n) is 19.8. The Labute approximate surface area is 342 Å². The fourth-order valence-corrected chi connectivity index (χ4v) is 9.17. The summed E-state index contributed by atoms with van der Waals surface area (Å²) in [6.45, 7) is 0. The molecule has 1 atom stereocenters. The second-order valence-corrected chi connectivity index (χ2v) is 15.5. The lowest BCUT2D eigenvalue weighted by molar-refractivity contribution is 0.670. The van der Waals surface area contributed by atoms with Crippen LogP contribution in [0.4, 0.5) is 11.4 Å². The summed E-state index contributed by atoms with van der Waals surface area (Å²) in [5, 5.41) is 5.38. The Morgan fingerprint density at radius 3 is 1.71 bits per heavy atom. The molecule has 2 heterocycles. The highest BCUT2D eigenvalue weighted by atomic mass is 35.5. The molecule has 11 rings (SSSR count). The average molecular weight is 765 g/mol. The van der Waals surface area contributed by atoms with Crippen LogP contribution < -0.4 is 4.90 Å². The van der Waals surface area contributed by atoms with Crippen molar-refractivity contribution in [3.63, 3.8) is 0 Å². The van der Waals surface area contributed by atoms with Crippen molar-refractivity contribution < 1.29 is 4.42 Å². The molecule has 1 aliphatic rings. The zero-order chi connectivity index (χ0) is 38.6. The van der Waals surface area contributed by atoms with Gasteiger partial charge in [0.1, 0.15) is 5.58 Å². The normalized spacial score (nSPS) is 14.3. The Morgan fingerprint density at radius 1 is 0.534 bits per heavy atom. The van der Waals surface area contributed by atoms with Crippen LogP contribution in [0.3, 0.4) is 0 Å². The van der Waals surface area contributed by atoms with E-state index in [1.165, 1.54) is 33.2 Å². The molecule has 0 N–H and O–H groups in total. The molecule has 3 nitrogen and oxygen atoms in total. The van der Waals surface area contributed by atoms with Gasteiger partial charge in [-0.15, -0.1) is 0 Å². The van der Waals surface area contributed by atoms with E-state index in [0.29, 0.717) is 6.42 Å². The Kier molecular flexibility index (Phi) is 8.34. The van der Waals surface area contributed by atoms with Gasteiger partial charge in [0, 0.05) is 55.3 Å². The summed E-state index contributed by atoms with van der Waals surface area (Å²) in [7, 11) is 0. The summed E-state index contributed by atoms with van der Waals surface area (Å²) >= 11 is 7.29. The fraction of sp³-hybridized carbons (Fsp3) is 0.0370. The van der Waals surface area contributed by atoms with E-state index in [-0.39, 0.29) is 5.92 Å². The number of fused-ring (bicyclic) bond motifs is 7. The van der Waals surface area contributed by atoms with Crippen LogP contribution in [0, 0.1) is 0 Å². The molecule has 10 aromatic rings. The van der Waals surface area contributed by atoms with Gasteiger partial charge in [0.05, 0.1) is 11.0 Å². The van der Waals surface area contributed by atoms with Gasteiger partial charge in [0.2, 0.25) is 0 Å². The predicted octanol–water partition coefficient (Wildman–Crippen LogP) is 15.3. The van der Waals surface area contributed by atoms with Gasteiger partial charge in [-0.3, -0.25) is 0 Å². The van der Waals surface area contributed by atoms with Crippen molar-refractivity contribution in [2.75, 3.05) is 4.90 Å². The summed E-state index contributed by atoms with van der Waals surface area (Å²) < 4.78 is 9.28. The minimum atomic E-state index is -0.0334. The van der Waals surface area contributed by atoms with Gasteiger partial charge in [-0.2, -0.15) is 0 Å². The molecule has 1 unspecified atom stereocenters. The molecule has 0 fully saturated rings. The maximum Gasteiger partial charge on any atom is 0.160 e. The van der Waals surface area contributed by atoms with Crippen LogP contribution in [0.15, 0.2) is 221 Å². The number of para-hydroxylation sites is 3. The standard InChI is InChI=1S/C54H37ClN2O/c55-41-32-40(48-35-49-46-20-10-12-22-50(46)57(42-18-8-3-9-19-42)53(49)54-52(48)47-21-11-13-23-51(47)58-54)33-45(34-41)56(43-28-24-38(25-29-43)36-14-4-1-5-15-36)44-30-26-39(27-31-44)37-16-6-2-7-17-37/h1-31,33-35,40H,32H2. The second-order valence-electron chi connectivity index (χ2n) is 15.0. The summed E-state index contributed by atoms with van der Waals surface area (Å²) in [6, 6.07) is 68.8. The molecule has 0 aliphatic heterocycles. The number of halogens is 1. The lowest BCUT2D eigenvalue weighted by atomic mass is 9.86. The first kappa shape index (κ1) is 34.2. The van der Waals surface area contributed by atoms with Crippen molar-refractivity contribution in [1.29, 1.82) is 0 Å². The Balaban J connectivity index is 1.12. The molecule has 0 radical (unpaired) electrons. The van der Waals surface area contributed by atoms with Crippen molar-refractivity contribution in [2.45, 2.75) is 12.3 Å². The first-order valence-corrected chi connectivity index (χ1v) is 20.2. The van der Waals surface area contributed by atoms with E-state index in [1.54, 1.807) is 0 Å². The van der Waals surface area contributed by atoms with Crippen LogP contribution in [0.2, 0.25) is 0 Å². The molecule has 2 aromatic heterocycles. The molecule has 0 bridgehead atoms. The largest absolute Gasteiger partial charge is 0.454 e. The molecule has 1 aliphatic carbocycles. The maximum atomic E-state index is 7.29. The Morgan fingerprint density at radius 2 is 1.07 bits per heavy atom. The zero-order valence-corrected chi connectivity index (χ0v) is 32.4. The lowest BCUT2D eigenvalue weighted by Gasteiger charge is -2.31. The molecular formula is C54H37ClN2O. The smallest absolute Gasteiger partial charge is 0.160 e.